The van der Waals surface area contributed by atoms with E-state index in [1.807, 2.05) is 38.1 Å². The summed E-state index contributed by atoms with van der Waals surface area (Å²) in [6.07, 6.45) is 4.92. The predicted octanol–water partition coefficient (Wildman–Crippen LogP) is 3.01. The number of hydrogen-bond acceptors (Lipinski definition) is 3. The highest BCUT2D eigenvalue weighted by molar-refractivity contribution is 6.14. The number of fused-ring (bicyclic) bond motifs is 1. The molecule has 1 heterocycles. The highest BCUT2D eigenvalue weighted by Crippen LogP contribution is 2.41. The molecule has 1 N–H and O–H groups in total. The quantitative estimate of drug-likeness (QED) is 0.896. The first kappa shape index (κ1) is 16.6. The zero-order valence-electron chi connectivity index (χ0n) is 15.3. The minimum atomic E-state index is -0.885. The van der Waals surface area contributed by atoms with Gasteiger partial charge in [0.15, 0.2) is 0 Å². The zero-order valence-corrected chi connectivity index (χ0v) is 15.3. The highest BCUT2D eigenvalue weighted by atomic mass is 16.2. The van der Waals surface area contributed by atoms with Crippen LogP contribution < -0.4 is 10.2 Å². The third kappa shape index (κ3) is 2.95. The van der Waals surface area contributed by atoms with E-state index in [0.29, 0.717) is 24.3 Å². The number of nitrogens with zero attached hydrogens (tertiary/aromatic N) is 2. The molecular weight excluding hydrogens is 314 g/mol. The molecule has 2 amide bonds. The Bertz CT molecular complexity index is 707. The Morgan fingerprint density at radius 2 is 1.96 bits per heavy atom. The Hall–Kier alpha value is -1.88. The molecule has 0 bridgehead atoms. The fourth-order valence-corrected chi connectivity index (χ4v) is 3.99. The van der Waals surface area contributed by atoms with Crippen molar-refractivity contribution < 1.29 is 9.59 Å². The van der Waals surface area contributed by atoms with Crippen LogP contribution in [0.5, 0.6) is 0 Å². The third-order valence-electron chi connectivity index (χ3n) is 5.92. The van der Waals surface area contributed by atoms with E-state index >= 15 is 0 Å². The first-order chi connectivity index (χ1) is 11.9. The monoisotopic (exact) mass is 341 g/mol. The number of rotatable bonds is 5. The number of benzene rings is 1. The predicted molar refractivity (Wildman–Crippen MR) is 98.6 cm³/mol. The van der Waals surface area contributed by atoms with Crippen molar-refractivity contribution in [3.63, 3.8) is 0 Å². The molecule has 0 radical (unpaired) electrons. The molecule has 4 rings (SSSR count). The van der Waals surface area contributed by atoms with Crippen molar-refractivity contribution in [1.29, 1.82) is 0 Å². The summed E-state index contributed by atoms with van der Waals surface area (Å²) < 4.78 is 0. The fourth-order valence-electron chi connectivity index (χ4n) is 3.99. The minimum Gasteiger partial charge on any atom is -0.322 e. The van der Waals surface area contributed by atoms with Crippen LogP contribution in [0.25, 0.3) is 0 Å². The summed E-state index contributed by atoms with van der Waals surface area (Å²) >= 11 is 0. The van der Waals surface area contributed by atoms with Crippen LogP contribution in [-0.4, -0.2) is 40.9 Å². The second-order valence-corrected chi connectivity index (χ2v) is 8.24. The van der Waals surface area contributed by atoms with E-state index in [2.05, 4.69) is 17.1 Å². The molecule has 134 valence electrons. The van der Waals surface area contributed by atoms with Crippen molar-refractivity contribution in [2.45, 2.75) is 64.1 Å². The Labute approximate surface area is 149 Å². The van der Waals surface area contributed by atoms with Gasteiger partial charge in [-0.2, -0.15) is 0 Å². The van der Waals surface area contributed by atoms with Gasteiger partial charge in [-0.15, -0.1) is 0 Å². The smallest absolute Gasteiger partial charge is 0.250 e. The van der Waals surface area contributed by atoms with Gasteiger partial charge < -0.3 is 5.32 Å². The minimum absolute atomic E-state index is 0.0201. The van der Waals surface area contributed by atoms with Gasteiger partial charge in [0.1, 0.15) is 5.54 Å². The topological polar surface area (TPSA) is 52.7 Å². The second-order valence-electron chi connectivity index (χ2n) is 8.24. The van der Waals surface area contributed by atoms with Crippen LogP contribution >= 0.6 is 0 Å². The van der Waals surface area contributed by atoms with Gasteiger partial charge in [0, 0.05) is 12.1 Å². The van der Waals surface area contributed by atoms with Crippen LogP contribution in [0.1, 0.15) is 46.5 Å². The van der Waals surface area contributed by atoms with Gasteiger partial charge in [-0.3, -0.25) is 19.4 Å². The molecular formula is C20H27N3O2. The van der Waals surface area contributed by atoms with E-state index in [0.717, 1.165) is 11.6 Å². The lowest BCUT2D eigenvalue weighted by molar-refractivity contribution is -0.127. The Balaban J connectivity index is 1.62. The normalized spacial score (nSPS) is 23.2. The first-order valence-electron chi connectivity index (χ1n) is 9.39. The molecule has 25 heavy (non-hydrogen) atoms. The lowest BCUT2D eigenvalue weighted by Crippen LogP contribution is -2.60. The Morgan fingerprint density at radius 1 is 1.28 bits per heavy atom. The summed E-state index contributed by atoms with van der Waals surface area (Å²) in [6, 6.07) is 8.56. The number of hydrogen-bond donors (Lipinski definition) is 1. The maximum atomic E-state index is 13.3. The van der Waals surface area contributed by atoms with E-state index in [1.54, 1.807) is 4.90 Å². The maximum absolute atomic E-state index is 13.3. The molecule has 5 heteroatoms. The SMILES string of the molecule is CC(C1CC1)N(CC(=O)N1c2ccccc2NC(=O)C1(C)C)C1CC1. The average Bonchev–Trinajstić information content (AvgIpc) is 3.46. The maximum Gasteiger partial charge on any atom is 0.250 e. The number of nitrogens with one attached hydrogen (secondary N) is 1. The summed E-state index contributed by atoms with van der Waals surface area (Å²) in [5.74, 6) is 0.623. The number of amides is 2. The van der Waals surface area contributed by atoms with Crippen molar-refractivity contribution in [2.24, 2.45) is 5.92 Å². The van der Waals surface area contributed by atoms with E-state index in [4.69, 9.17) is 0 Å². The third-order valence-corrected chi connectivity index (χ3v) is 5.92. The number of anilines is 2. The number of carbonyl (C=O) groups excluding carboxylic acids is 2. The molecule has 1 aromatic rings. The molecule has 2 aliphatic carbocycles. The number of para-hydroxylation sites is 2. The standard InChI is InChI=1S/C20H27N3O2/c1-13(14-8-9-14)22(15-10-11-15)12-18(24)23-17-7-5-4-6-16(17)21-19(25)20(23,2)3/h4-7,13-15H,8-12H2,1-3H3,(H,21,25). The summed E-state index contributed by atoms with van der Waals surface area (Å²) in [5, 5.41) is 2.93. The van der Waals surface area contributed by atoms with Crippen molar-refractivity contribution in [1.82, 2.24) is 4.90 Å². The van der Waals surface area contributed by atoms with Gasteiger partial charge in [-0.05, 0) is 64.5 Å². The van der Waals surface area contributed by atoms with Gasteiger partial charge in [-0.1, -0.05) is 12.1 Å². The van der Waals surface area contributed by atoms with Crippen molar-refractivity contribution in [3.05, 3.63) is 24.3 Å². The summed E-state index contributed by atoms with van der Waals surface area (Å²) in [4.78, 5) is 30.0. The molecule has 1 atom stereocenters. The van der Waals surface area contributed by atoms with Crippen LogP contribution in [0, 0.1) is 5.92 Å². The molecule has 5 nitrogen and oxygen atoms in total. The van der Waals surface area contributed by atoms with Crippen LogP contribution in [0.3, 0.4) is 0 Å². The van der Waals surface area contributed by atoms with Gasteiger partial charge >= 0.3 is 0 Å². The van der Waals surface area contributed by atoms with Gasteiger partial charge in [0.2, 0.25) is 11.8 Å². The molecule has 2 saturated carbocycles. The van der Waals surface area contributed by atoms with E-state index in [1.165, 1.54) is 25.7 Å². The fraction of sp³-hybridized carbons (Fsp3) is 0.600. The van der Waals surface area contributed by atoms with Gasteiger partial charge in [0.05, 0.1) is 17.9 Å². The second kappa shape index (κ2) is 5.84. The molecule has 2 fully saturated rings. The zero-order chi connectivity index (χ0) is 17.8. The largest absolute Gasteiger partial charge is 0.322 e. The van der Waals surface area contributed by atoms with Crippen molar-refractivity contribution >= 4 is 23.2 Å². The Morgan fingerprint density at radius 3 is 2.60 bits per heavy atom. The first-order valence-corrected chi connectivity index (χ1v) is 9.39. The van der Waals surface area contributed by atoms with Crippen LogP contribution in [0.2, 0.25) is 0 Å². The Kier molecular flexibility index (Phi) is 3.87. The molecule has 3 aliphatic rings. The summed E-state index contributed by atoms with van der Waals surface area (Å²) in [6.45, 7) is 6.29. The van der Waals surface area contributed by atoms with Gasteiger partial charge in [-0.25, -0.2) is 0 Å². The van der Waals surface area contributed by atoms with Crippen LogP contribution in [0.4, 0.5) is 11.4 Å². The lowest BCUT2D eigenvalue weighted by Gasteiger charge is -2.43. The molecule has 0 spiro atoms. The van der Waals surface area contributed by atoms with Crippen LogP contribution in [-0.2, 0) is 9.59 Å². The molecule has 0 aromatic heterocycles. The van der Waals surface area contributed by atoms with Crippen molar-refractivity contribution in [3.8, 4) is 0 Å². The molecule has 0 saturated heterocycles. The lowest BCUT2D eigenvalue weighted by atomic mass is 9.96. The molecule has 1 aromatic carbocycles. The van der Waals surface area contributed by atoms with E-state index in [-0.39, 0.29) is 11.8 Å². The summed E-state index contributed by atoms with van der Waals surface area (Å²) in [5.41, 5.74) is 0.629. The molecule has 1 aliphatic heterocycles. The van der Waals surface area contributed by atoms with Crippen LogP contribution in [0.15, 0.2) is 24.3 Å². The average molecular weight is 341 g/mol. The highest BCUT2D eigenvalue weighted by Gasteiger charge is 2.46. The summed E-state index contributed by atoms with van der Waals surface area (Å²) in [7, 11) is 0. The van der Waals surface area contributed by atoms with Gasteiger partial charge in [0.25, 0.3) is 0 Å². The van der Waals surface area contributed by atoms with E-state index in [9.17, 15) is 9.59 Å². The van der Waals surface area contributed by atoms with Crippen molar-refractivity contribution in [2.75, 3.05) is 16.8 Å². The molecule has 1 unspecified atom stereocenters. The number of carbonyl (C=O) groups is 2. The van der Waals surface area contributed by atoms with E-state index < -0.39 is 5.54 Å².